The van der Waals surface area contributed by atoms with E-state index < -0.39 is 0 Å². The van der Waals surface area contributed by atoms with Crippen LogP contribution in [0.1, 0.15) is 13.8 Å². The minimum Gasteiger partial charge on any atom is -0.466 e. The van der Waals surface area contributed by atoms with Crippen LogP contribution >= 0.6 is 11.8 Å². The van der Waals surface area contributed by atoms with Crippen LogP contribution in [0.2, 0.25) is 0 Å². The lowest BCUT2D eigenvalue weighted by atomic mass is 10.2. The molecule has 0 aliphatic rings. The summed E-state index contributed by atoms with van der Waals surface area (Å²) in [6.07, 6.45) is 0. The van der Waals surface area contributed by atoms with Crippen molar-refractivity contribution in [3.05, 3.63) is 41.8 Å². The van der Waals surface area contributed by atoms with Crippen LogP contribution in [0.25, 0.3) is 0 Å². The Morgan fingerprint density at radius 2 is 2.06 bits per heavy atom. The molecule has 1 rings (SSSR count). The summed E-state index contributed by atoms with van der Waals surface area (Å²) in [5.74, 6) is -0.485. The Morgan fingerprint density at radius 1 is 1.44 bits per heavy atom. The minimum atomic E-state index is -0.273. The maximum absolute atomic E-state index is 11.5. The second kappa shape index (κ2) is 6.38. The zero-order chi connectivity index (χ0) is 12.0. The van der Waals surface area contributed by atoms with Crippen molar-refractivity contribution in [2.45, 2.75) is 18.7 Å². The van der Waals surface area contributed by atoms with E-state index in [4.69, 9.17) is 4.74 Å². The Balaban J connectivity index is 2.56. The topological polar surface area (TPSA) is 26.3 Å². The van der Waals surface area contributed by atoms with E-state index in [-0.39, 0.29) is 11.9 Å². The van der Waals surface area contributed by atoms with Gasteiger partial charge in [0.1, 0.15) is 0 Å². The van der Waals surface area contributed by atoms with E-state index in [2.05, 4.69) is 6.58 Å². The number of rotatable bonds is 5. The van der Waals surface area contributed by atoms with Gasteiger partial charge in [-0.25, -0.2) is 0 Å². The van der Waals surface area contributed by atoms with Gasteiger partial charge in [0.05, 0.1) is 12.5 Å². The van der Waals surface area contributed by atoms with Crippen LogP contribution in [-0.4, -0.2) is 12.6 Å². The van der Waals surface area contributed by atoms with Crippen molar-refractivity contribution >= 4 is 17.7 Å². The molecular weight excluding hydrogens is 220 g/mol. The van der Waals surface area contributed by atoms with Crippen LogP contribution in [0.3, 0.4) is 0 Å². The van der Waals surface area contributed by atoms with Gasteiger partial charge in [-0.3, -0.25) is 4.79 Å². The van der Waals surface area contributed by atoms with Crippen molar-refractivity contribution in [2.75, 3.05) is 6.61 Å². The first-order chi connectivity index (χ1) is 7.65. The van der Waals surface area contributed by atoms with Crippen LogP contribution in [0.5, 0.6) is 0 Å². The van der Waals surface area contributed by atoms with Gasteiger partial charge in [0, 0.05) is 4.90 Å². The molecule has 0 heterocycles. The summed E-state index contributed by atoms with van der Waals surface area (Å²) in [5.41, 5.74) is 0. The number of esters is 1. The maximum Gasteiger partial charge on any atom is 0.313 e. The van der Waals surface area contributed by atoms with E-state index in [9.17, 15) is 4.79 Å². The molecule has 1 aromatic carbocycles. The molecule has 0 amide bonds. The lowest BCUT2D eigenvalue weighted by molar-refractivity contribution is -0.145. The van der Waals surface area contributed by atoms with E-state index in [1.165, 1.54) is 11.8 Å². The van der Waals surface area contributed by atoms with Crippen molar-refractivity contribution < 1.29 is 9.53 Å². The van der Waals surface area contributed by atoms with Gasteiger partial charge in [-0.05, 0) is 30.9 Å². The molecule has 0 aliphatic heterocycles. The quantitative estimate of drug-likeness (QED) is 0.578. The first-order valence-electron chi connectivity index (χ1n) is 5.23. The number of ether oxygens (including phenoxy) is 1. The van der Waals surface area contributed by atoms with Crippen LogP contribution in [-0.2, 0) is 9.53 Å². The van der Waals surface area contributed by atoms with E-state index in [1.54, 1.807) is 6.92 Å². The molecule has 2 nitrogen and oxygen atoms in total. The molecule has 16 heavy (non-hydrogen) atoms. The number of carbonyl (C=O) groups is 1. The van der Waals surface area contributed by atoms with Gasteiger partial charge in [0.15, 0.2) is 0 Å². The molecule has 0 fully saturated rings. The largest absolute Gasteiger partial charge is 0.466 e. The van der Waals surface area contributed by atoms with Crippen molar-refractivity contribution in [1.29, 1.82) is 0 Å². The summed E-state index contributed by atoms with van der Waals surface area (Å²) in [6, 6.07) is 9.87. The van der Waals surface area contributed by atoms with Crippen molar-refractivity contribution in [2.24, 2.45) is 5.92 Å². The Labute approximate surface area is 101 Å². The van der Waals surface area contributed by atoms with Gasteiger partial charge in [0.2, 0.25) is 0 Å². The van der Waals surface area contributed by atoms with Crippen molar-refractivity contribution in [3.8, 4) is 0 Å². The molecule has 0 spiro atoms. The molecule has 86 valence electrons. The van der Waals surface area contributed by atoms with Gasteiger partial charge in [-0.15, -0.1) is 0 Å². The second-order valence-corrected chi connectivity index (χ2v) is 4.56. The summed E-state index contributed by atoms with van der Waals surface area (Å²) in [5, 5.41) is 0. The van der Waals surface area contributed by atoms with Crippen molar-refractivity contribution in [3.63, 3.8) is 0 Å². The molecule has 0 N–H and O–H groups in total. The smallest absolute Gasteiger partial charge is 0.313 e. The Hall–Kier alpha value is -1.22. The number of hydrogen-bond donors (Lipinski definition) is 0. The van der Waals surface area contributed by atoms with Crippen LogP contribution in [0.4, 0.5) is 0 Å². The lowest BCUT2D eigenvalue weighted by Crippen LogP contribution is -2.15. The third-order valence-electron chi connectivity index (χ3n) is 2.12. The highest BCUT2D eigenvalue weighted by atomic mass is 32.2. The van der Waals surface area contributed by atoms with Crippen LogP contribution in [0, 0.1) is 5.92 Å². The molecule has 0 aromatic heterocycles. The van der Waals surface area contributed by atoms with Crippen molar-refractivity contribution in [1.82, 2.24) is 0 Å². The number of carbonyl (C=O) groups excluding carboxylic acids is 1. The molecular formula is C13H16O2S. The fourth-order valence-corrected chi connectivity index (χ4v) is 2.00. The van der Waals surface area contributed by atoms with Crippen LogP contribution in [0.15, 0.2) is 46.7 Å². The van der Waals surface area contributed by atoms with Gasteiger partial charge < -0.3 is 4.74 Å². The van der Waals surface area contributed by atoms with Gasteiger partial charge in [-0.2, -0.15) is 0 Å². The number of hydrogen-bond acceptors (Lipinski definition) is 3. The van der Waals surface area contributed by atoms with Gasteiger partial charge >= 0.3 is 5.97 Å². The highest BCUT2D eigenvalue weighted by molar-refractivity contribution is 8.03. The SMILES string of the molecule is C=C(Sc1ccccc1)C(C)C(=O)OCC. The predicted molar refractivity (Wildman–Crippen MR) is 67.2 cm³/mol. The molecule has 1 aromatic rings. The summed E-state index contributed by atoms with van der Waals surface area (Å²) in [7, 11) is 0. The fourth-order valence-electron chi connectivity index (χ4n) is 1.13. The number of benzene rings is 1. The molecule has 3 heteroatoms. The predicted octanol–water partition coefficient (Wildman–Crippen LogP) is 3.49. The fraction of sp³-hybridized carbons (Fsp3) is 0.308. The highest BCUT2D eigenvalue weighted by Gasteiger charge is 2.17. The highest BCUT2D eigenvalue weighted by Crippen LogP contribution is 2.30. The van der Waals surface area contributed by atoms with Gasteiger partial charge in [0.25, 0.3) is 0 Å². The Bertz CT molecular complexity index is 359. The Morgan fingerprint density at radius 3 is 2.62 bits per heavy atom. The molecule has 1 atom stereocenters. The molecule has 0 saturated heterocycles. The third kappa shape index (κ3) is 3.74. The van der Waals surface area contributed by atoms with E-state index >= 15 is 0 Å². The Kier molecular flexibility index (Phi) is 5.12. The maximum atomic E-state index is 11.5. The normalized spacial score (nSPS) is 11.9. The standard InChI is InChI=1S/C13H16O2S/c1-4-15-13(14)10(2)11(3)16-12-8-6-5-7-9-12/h5-10H,3-4H2,1-2H3. The average molecular weight is 236 g/mol. The summed E-state index contributed by atoms with van der Waals surface area (Å²) < 4.78 is 4.95. The summed E-state index contributed by atoms with van der Waals surface area (Å²) >= 11 is 1.51. The second-order valence-electron chi connectivity index (χ2n) is 3.36. The molecule has 0 bridgehead atoms. The molecule has 0 radical (unpaired) electrons. The molecule has 1 unspecified atom stereocenters. The first kappa shape index (κ1) is 12.8. The lowest BCUT2D eigenvalue weighted by Gasteiger charge is -2.12. The molecule has 0 aliphatic carbocycles. The monoisotopic (exact) mass is 236 g/mol. The van der Waals surface area contributed by atoms with Crippen LogP contribution < -0.4 is 0 Å². The average Bonchev–Trinajstić information content (AvgIpc) is 2.29. The third-order valence-corrected chi connectivity index (χ3v) is 3.24. The van der Waals surface area contributed by atoms with Gasteiger partial charge in [-0.1, -0.05) is 36.5 Å². The zero-order valence-electron chi connectivity index (χ0n) is 9.60. The summed E-state index contributed by atoms with van der Waals surface area (Å²) in [6.45, 7) is 7.94. The molecule has 0 saturated carbocycles. The zero-order valence-corrected chi connectivity index (χ0v) is 10.4. The minimum absolute atomic E-state index is 0.212. The number of thioether (sulfide) groups is 1. The van der Waals surface area contributed by atoms with E-state index in [1.807, 2.05) is 37.3 Å². The summed E-state index contributed by atoms with van der Waals surface area (Å²) in [4.78, 5) is 13.4. The first-order valence-corrected chi connectivity index (χ1v) is 6.05. The van der Waals surface area contributed by atoms with E-state index in [0.29, 0.717) is 6.61 Å². The van der Waals surface area contributed by atoms with E-state index in [0.717, 1.165) is 9.80 Å².